The van der Waals surface area contributed by atoms with Crippen LogP contribution in [0.4, 0.5) is 18.9 Å². The van der Waals surface area contributed by atoms with Crippen LogP contribution in [0.1, 0.15) is 12.0 Å². The van der Waals surface area contributed by atoms with Crippen molar-refractivity contribution >= 4 is 5.69 Å². The highest BCUT2D eigenvalue weighted by Gasteiger charge is 2.34. The third-order valence-corrected chi connectivity index (χ3v) is 3.33. The van der Waals surface area contributed by atoms with Crippen LogP contribution < -0.4 is 5.73 Å². The summed E-state index contributed by atoms with van der Waals surface area (Å²) >= 11 is 0. The molecular formula is C14H17F3N2. The van der Waals surface area contributed by atoms with Crippen LogP contribution in [-0.2, 0) is 6.42 Å². The molecule has 5 heteroatoms. The van der Waals surface area contributed by atoms with E-state index in [2.05, 4.69) is 0 Å². The summed E-state index contributed by atoms with van der Waals surface area (Å²) in [5.41, 5.74) is 7.12. The van der Waals surface area contributed by atoms with Crippen molar-refractivity contribution in [3.63, 3.8) is 0 Å². The average Bonchev–Trinajstić information content (AvgIpc) is 2.36. The number of anilines is 1. The quantitative estimate of drug-likeness (QED) is 0.676. The van der Waals surface area contributed by atoms with Crippen molar-refractivity contribution in [3.05, 3.63) is 41.5 Å². The highest BCUT2D eigenvalue weighted by Crippen LogP contribution is 2.30. The Morgan fingerprint density at radius 2 is 2.05 bits per heavy atom. The van der Waals surface area contributed by atoms with Gasteiger partial charge in [-0.15, -0.1) is 0 Å². The molecule has 0 aliphatic carbocycles. The molecule has 0 saturated carbocycles. The van der Waals surface area contributed by atoms with Gasteiger partial charge < -0.3 is 5.73 Å². The zero-order chi connectivity index (χ0) is 13.9. The standard InChI is InChI=1S/C14H17F3N2/c15-14(16,17)12-5-8-19(9-6-12)7-4-11-2-1-3-13(18)10-11/h1-3,5,10H,4,6-9,18H2. The fraction of sp³-hybridized carbons (Fsp3) is 0.429. The van der Waals surface area contributed by atoms with E-state index in [1.807, 2.05) is 29.2 Å². The zero-order valence-corrected chi connectivity index (χ0v) is 10.6. The lowest BCUT2D eigenvalue weighted by atomic mass is 10.1. The predicted octanol–water partition coefficient (Wildman–Crippen LogP) is 3.01. The van der Waals surface area contributed by atoms with Crippen molar-refractivity contribution in [1.82, 2.24) is 4.90 Å². The lowest BCUT2D eigenvalue weighted by Crippen LogP contribution is -2.33. The normalized spacial score (nSPS) is 17.3. The van der Waals surface area contributed by atoms with Crippen LogP contribution in [0.25, 0.3) is 0 Å². The predicted molar refractivity (Wildman–Crippen MR) is 69.8 cm³/mol. The molecule has 1 aliphatic heterocycles. The molecule has 0 radical (unpaired) electrons. The van der Waals surface area contributed by atoms with E-state index in [1.54, 1.807) is 0 Å². The molecular weight excluding hydrogens is 253 g/mol. The number of nitrogens with two attached hydrogens (primary N) is 1. The molecule has 1 heterocycles. The number of hydrogen-bond donors (Lipinski definition) is 1. The minimum atomic E-state index is -4.17. The van der Waals surface area contributed by atoms with E-state index in [-0.39, 0.29) is 6.42 Å². The average molecular weight is 270 g/mol. The molecule has 0 fully saturated rings. The topological polar surface area (TPSA) is 29.3 Å². The molecule has 0 spiro atoms. The van der Waals surface area contributed by atoms with Gasteiger partial charge in [-0.2, -0.15) is 13.2 Å². The van der Waals surface area contributed by atoms with Crippen molar-refractivity contribution in [2.45, 2.75) is 19.0 Å². The van der Waals surface area contributed by atoms with Crippen LogP contribution in [0.5, 0.6) is 0 Å². The van der Waals surface area contributed by atoms with E-state index in [0.717, 1.165) is 24.2 Å². The van der Waals surface area contributed by atoms with E-state index in [1.165, 1.54) is 6.08 Å². The smallest absolute Gasteiger partial charge is 0.399 e. The van der Waals surface area contributed by atoms with Gasteiger partial charge in [0.25, 0.3) is 0 Å². The minimum absolute atomic E-state index is 0.0838. The molecule has 0 saturated heterocycles. The first-order valence-corrected chi connectivity index (χ1v) is 6.28. The maximum Gasteiger partial charge on any atom is 0.412 e. The van der Waals surface area contributed by atoms with Crippen molar-refractivity contribution in [2.75, 3.05) is 25.4 Å². The first-order chi connectivity index (χ1) is 8.95. The molecule has 0 aromatic heterocycles. The molecule has 0 amide bonds. The van der Waals surface area contributed by atoms with E-state index < -0.39 is 11.7 Å². The Labute approximate surface area is 110 Å². The van der Waals surface area contributed by atoms with Crippen LogP contribution in [-0.4, -0.2) is 30.7 Å². The Balaban J connectivity index is 1.85. The summed E-state index contributed by atoms with van der Waals surface area (Å²) in [6.45, 7) is 1.59. The third-order valence-electron chi connectivity index (χ3n) is 3.33. The Morgan fingerprint density at radius 3 is 2.63 bits per heavy atom. The lowest BCUT2D eigenvalue weighted by molar-refractivity contribution is -0.0959. The summed E-state index contributed by atoms with van der Waals surface area (Å²) in [6, 6.07) is 7.60. The van der Waals surface area contributed by atoms with Crippen LogP contribution in [0.3, 0.4) is 0 Å². The summed E-state index contributed by atoms with van der Waals surface area (Å²) in [5, 5.41) is 0. The first-order valence-electron chi connectivity index (χ1n) is 6.28. The Morgan fingerprint density at radius 1 is 1.26 bits per heavy atom. The number of rotatable bonds is 3. The van der Waals surface area contributed by atoms with Crippen molar-refractivity contribution in [3.8, 4) is 0 Å². The highest BCUT2D eigenvalue weighted by molar-refractivity contribution is 5.40. The fourth-order valence-electron chi connectivity index (χ4n) is 2.21. The number of nitrogens with zero attached hydrogens (tertiary/aromatic N) is 1. The number of nitrogen functional groups attached to an aromatic ring is 1. The Kier molecular flexibility index (Phi) is 4.14. The summed E-state index contributed by atoms with van der Waals surface area (Å²) < 4.78 is 37.4. The molecule has 2 N–H and O–H groups in total. The van der Waals surface area contributed by atoms with Crippen LogP contribution in [0.2, 0.25) is 0 Å². The second-order valence-corrected chi connectivity index (χ2v) is 4.77. The van der Waals surface area contributed by atoms with Gasteiger partial charge in [0, 0.05) is 30.9 Å². The van der Waals surface area contributed by atoms with Crippen LogP contribution >= 0.6 is 0 Å². The Hall–Kier alpha value is -1.49. The van der Waals surface area contributed by atoms with Crippen LogP contribution in [0.15, 0.2) is 35.9 Å². The molecule has 0 atom stereocenters. The molecule has 1 aliphatic rings. The number of benzene rings is 1. The van der Waals surface area contributed by atoms with Crippen molar-refractivity contribution < 1.29 is 13.2 Å². The summed E-state index contributed by atoms with van der Waals surface area (Å²) in [7, 11) is 0. The van der Waals surface area contributed by atoms with Gasteiger partial charge in [0.1, 0.15) is 0 Å². The van der Waals surface area contributed by atoms with Gasteiger partial charge >= 0.3 is 6.18 Å². The second-order valence-electron chi connectivity index (χ2n) is 4.77. The minimum Gasteiger partial charge on any atom is -0.399 e. The third kappa shape index (κ3) is 3.99. The van der Waals surface area contributed by atoms with E-state index in [0.29, 0.717) is 13.1 Å². The maximum absolute atomic E-state index is 12.5. The molecule has 19 heavy (non-hydrogen) atoms. The van der Waals surface area contributed by atoms with Gasteiger partial charge in [-0.1, -0.05) is 18.2 Å². The molecule has 104 valence electrons. The molecule has 0 bridgehead atoms. The van der Waals surface area contributed by atoms with Crippen molar-refractivity contribution in [2.24, 2.45) is 0 Å². The van der Waals surface area contributed by atoms with E-state index >= 15 is 0 Å². The molecule has 2 rings (SSSR count). The van der Waals surface area contributed by atoms with E-state index in [9.17, 15) is 13.2 Å². The largest absolute Gasteiger partial charge is 0.412 e. The monoisotopic (exact) mass is 270 g/mol. The summed E-state index contributed by atoms with van der Waals surface area (Å²) in [6.07, 6.45) is -1.98. The first kappa shape index (κ1) is 13.9. The fourth-order valence-corrected chi connectivity index (χ4v) is 2.21. The van der Waals surface area contributed by atoms with Gasteiger partial charge in [-0.05, 0) is 30.5 Å². The molecule has 0 unspecified atom stereocenters. The Bertz CT molecular complexity index is 466. The maximum atomic E-state index is 12.5. The number of alkyl halides is 3. The molecule has 1 aromatic rings. The summed E-state index contributed by atoms with van der Waals surface area (Å²) in [5.74, 6) is 0. The van der Waals surface area contributed by atoms with E-state index in [4.69, 9.17) is 5.73 Å². The summed E-state index contributed by atoms with van der Waals surface area (Å²) in [4.78, 5) is 2.03. The molecule has 1 aromatic carbocycles. The lowest BCUT2D eigenvalue weighted by Gasteiger charge is -2.27. The number of hydrogen-bond acceptors (Lipinski definition) is 2. The zero-order valence-electron chi connectivity index (χ0n) is 10.6. The van der Waals surface area contributed by atoms with Gasteiger partial charge in [0.15, 0.2) is 0 Å². The highest BCUT2D eigenvalue weighted by atomic mass is 19.4. The second kappa shape index (κ2) is 5.65. The van der Waals surface area contributed by atoms with Gasteiger partial charge in [-0.3, -0.25) is 4.90 Å². The van der Waals surface area contributed by atoms with Gasteiger partial charge in [0.2, 0.25) is 0 Å². The van der Waals surface area contributed by atoms with Gasteiger partial charge in [0.05, 0.1) is 0 Å². The van der Waals surface area contributed by atoms with Crippen molar-refractivity contribution in [1.29, 1.82) is 0 Å². The molecule has 2 nitrogen and oxygen atoms in total. The SMILES string of the molecule is Nc1cccc(CCN2CC=C(C(F)(F)F)CC2)c1. The number of halogens is 3. The van der Waals surface area contributed by atoms with Crippen LogP contribution in [0, 0.1) is 0 Å². The van der Waals surface area contributed by atoms with Gasteiger partial charge in [-0.25, -0.2) is 0 Å².